The zero-order chi connectivity index (χ0) is 52.2. The summed E-state index contributed by atoms with van der Waals surface area (Å²) in [4.78, 5) is 5.45. The van der Waals surface area contributed by atoms with Crippen LogP contribution in [0, 0.1) is 13.8 Å². The van der Waals surface area contributed by atoms with Gasteiger partial charge in [0.25, 0.3) is 6.71 Å². The SMILES string of the molecule is Cc1cc2c3c(c1)N(c1cc4c(cc1C)C(C)(C)CCC4(C)C)c1ccc(-c4cccc5c4-c4ccccc4C5(C)C)cc1B3c1cc3c(cc1N2c1ccc2c(c1)C(C)(C)CCC2(C)C)C(C)(C)CCC3(C)C. The molecule has 0 bridgehead atoms. The van der Waals surface area contributed by atoms with Crippen molar-refractivity contribution in [3.63, 3.8) is 0 Å². The Morgan fingerprint density at radius 3 is 1.50 bits per heavy atom. The van der Waals surface area contributed by atoms with Gasteiger partial charge in [0, 0.05) is 39.5 Å². The molecule has 13 rings (SSSR count). The molecular weight excluding hydrogens is 892 g/mol. The highest BCUT2D eigenvalue weighted by atomic mass is 15.2. The zero-order valence-corrected chi connectivity index (χ0v) is 47.7. The van der Waals surface area contributed by atoms with Crippen LogP contribution in [0.5, 0.6) is 0 Å². The standard InChI is InChI=1S/C71H79BN2/c1-42-34-61-64-62(35-42)74(59-40-54-51(36-43(59)2)66(5,6)30-32-69(54,11)12)58-27-24-44(46-21-19-23-50-63(46)47-20-17-18-22-48(47)71(50,15)16)37-56(58)72(64)57-39-53-55(70(13,14)33-31-68(53,9)10)41-60(57)73(61)45-25-26-49-52(38-45)67(7,8)29-28-65(49,3)4/h17-27,34-41H,28-33H2,1-16H3. The first-order chi connectivity index (χ1) is 34.7. The number of anilines is 6. The van der Waals surface area contributed by atoms with Gasteiger partial charge in [0.1, 0.15) is 0 Å². The molecule has 0 spiro atoms. The Balaban J connectivity index is 1.14. The van der Waals surface area contributed by atoms with E-state index in [1.54, 1.807) is 0 Å². The van der Waals surface area contributed by atoms with Crippen LogP contribution >= 0.6 is 0 Å². The van der Waals surface area contributed by atoms with E-state index in [-0.39, 0.29) is 44.6 Å². The van der Waals surface area contributed by atoms with Gasteiger partial charge in [-0.3, -0.25) is 0 Å². The van der Waals surface area contributed by atoms with Crippen LogP contribution in [0.2, 0.25) is 0 Å². The summed E-state index contributed by atoms with van der Waals surface area (Å²) >= 11 is 0. The minimum Gasteiger partial charge on any atom is -0.311 e. The normalized spacial score (nSPS) is 20.8. The molecule has 6 aliphatic rings. The minimum absolute atomic E-state index is 0.00554. The Bertz CT molecular complexity index is 3590. The van der Waals surface area contributed by atoms with Crippen LogP contribution in [0.25, 0.3) is 22.3 Å². The van der Waals surface area contributed by atoms with E-state index in [1.165, 1.54) is 167 Å². The average molecular weight is 971 g/mol. The molecule has 0 saturated carbocycles. The number of nitrogens with zero attached hydrogens (tertiary/aromatic N) is 2. The van der Waals surface area contributed by atoms with Crippen molar-refractivity contribution in [2.45, 2.75) is 187 Å². The predicted molar refractivity (Wildman–Crippen MR) is 319 cm³/mol. The van der Waals surface area contributed by atoms with Crippen LogP contribution in [0.15, 0.2) is 115 Å². The third-order valence-electron chi connectivity index (χ3n) is 20.6. The molecule has 0 unspecified atom stereocenters. The fourth-order valence-electron chi connectivity index (χ4n) is 15.6. The summed E-state index contributed by atoms with van der Waals surface area (Å²) in [6.07, 6.45) is 7.11. The highest BCUT2D eigenvalue weighted by Crippen LogP contribution is 2.56. The van der Waals surface area contributed by atoms with Crippen molar-refractivity contribution in [3.05, 3.63) is 171 Å². The summed E-state index contributed by atoms with van der Waals surface area (Å²) in [5, 5.41) is 0. The van der Waals surface area contributed by atoms with Crippen LogP contribution in [0.1, 0.15) is 191 Å². The smallest absolute Gasteiger partial charge is 0.252 e. The first-order valence-corrected chi connectivity index (χ1v) is 28.3. The molecule has 74 heavy (non-hydrogen) atoms. The topological polar surface area (TPSA) is 6.48 Å². The second kappa shape index (κ2) is 15.2. The fourth-order valence-corrected chi connectivity index (χ4v) is 15.6. The Labute approximate surface area is 445 Å². The van der Waals surface area contributed by atoms with E-state index >= 15 is 0 Å². The largest absolute Gasteiger partial charge is 0.311 e. The van der Waals surface area contributed by atoms with Crippen molar-refractivity contribution in [3.8, 4) is 22.3 Å². The number of hydrogen-bond acceptors (Lipinski definition) is 2. The van der Waals surface area contributed by atoms with Gasteiger partial charge >= 0.3 is 0 Å². The van der Waals surface area contributed by atoms with E-state index in [0.29, 0.717) is 0 Å². The zero-order valence-electron chi connectivity index (χ0n) is 47.7. The molecule has 3 heteroatoms. The molecule has 2 aliphatic heterocycles. The maximum Gasteiger partial charge on any atom is 0.252 e. The van der Waals surface area contributed by atoms with Crippen molar-refractivity contribution in [2.24, 2.45) is 0 Å². The summed E-state index contributed by atoms with van der Waals surface area (Å²) in [6.45, 7) is 39.4. The van der Waals surface area contributed by atoms with Gasteiger partial charge in [0.2, 0.25) is 0 Å². The van der Waals surface area contributed by atoms with E-state index < -0.39 is 0 Å². The Hall–Kier alpha value is -5.80. The number of fused-ring (bicyclic) bond motifs is 10. The van der Waals surface area contributed by atoms with Crippen molar-refractivity contribution >= 4 is 57.2 Å². The Morgan fingerprint density at radius 2 is 0.865 bits per heavy atom. The molecule has 0 aromatic heterocycles. The number of aryl methyl sites for hydroxylation is 2. The second-order valence-corrected chi connectivity index (χ2v) is 28.7. The van der Waals surface area contributed by atoms with Gasteiger partial charge in [-0.15, -0.1) is 0 Å². The van der Waals surface area contributed by atoms with Crippen LogP contribution in [0.4, 0.5) is 34.1 Å². The monoisotopic (exact) mass is 971 g/mol. The molecule has 376 valence electrons. The molecule has 0 radical (unpaired) electrons. The molecular formula is C71H79BN2. The molecule has 0 fully saturated rings. The van der Waals surface area contributed by atoms with Crippen molar-refractivity contribution in [1.82, 2.24) is 0 Å². The van der Waals surface area contributed by atoms with Gasteiger partial charge in [0.05, 0.1) is 0 Å². The molecule has 0 N–H and O–H groups in total. The maximum absolute atomic E-state index is 2.73. The van der Waals surface area contributed by atoms with Crippen molar-refractivity contribution in [2.75, 3.05) is 9.80 Å². The van der Waals surface area contributed by atoms with Gasteiger partial charge in [-0.25, -0.2) is 0 Å². The highest BCUT2D eigenvalue weighted by molar-refractivity contribution is 7.00. The lowest BCUT2D eigenvalue weighted by Crippen LogP contribution is -2.62. The quantitative estimate of drug-likeness (QED) is 0.163. The maximum atomic E-state index is 2.73. The van der Waals surface area contributed by atoms with Gasteiger partial charge in [-0.05, 0) is 222 Å². The molecule has 0 saturated heterocycles. The summed E-state index contributed by atoms with van der Waals surface area (Å²) < 4.78 is 0. The van der Waals surface area contributed by atoms with E-state index in [1.807, 2.05) is 0 Å². The Kier molecular flexibility index (Phi) is 9.84. The lowest BCUT2D eigenvalue weighted by atomic mass is 9.33. The molecule has 7 aromatic carbocycles. The second-order valence-electron chi connectivity index (χ2n) is 28.7. The van der Waals surface area contributed by atoms with Gasteiger partial charge in [-0.2, -0.15) is 0 Å². The van der Waals surface area contributed by atoms with Crippen LogP contribution < -0.4 is 26.2 Å². The molecule has 2 heterocycles. The fraction of sp³-hybridized carbons (Fsp3) is 0.408. The predicted octanol–water partition coefficient (Wildman–Crippen LogP) is 17.4. The minimum atomic E-state index is -0.0853. The molecule has 4 aliphatic carbocycles. The lowest BCUT2D eigenvalue weighted by molar-refractivity contribution is 0.332. The Morgan fingerprint density at radius 1 is 0.365 bits per heavy atom. The van der Waals surface area contributed by atoms with Crippen molar-refractivity contribution in [1.29, 1.82) is 0 Å². The van der Waals surface area contributed by atoms with E-state index in [0.717, 1.165) is 0 Å². The number of benzene rings is 7. The summed E-state index contributed by atoms with van der Waals surface area (Å²) in [5.41, 5.74) is 32.3. The van der Waals surface area contributed by atoms with Crippen LogP contribution in [-0.4, -0.2) is 6.71 Å². The molecule has 0 atom stereocenters. The van der Waals surface area contributed by atoms with E-state index in [2.05, 4.69) is 236 Å². The van der Waals surface area contributed by atoms with Crippen LogP contribution in [0.3, 0.4) is 0 Å². The number of hydrogen-bond donors (Lipinski definition) is 0. The van der Waals surface area contributed by atoms with Gasteiger partial charge < -0.3 is 9.80 Å². The molecule has 2 nitrogen and oxygen atoms in total. The average Bonchev–Trinajstić information content (AvgIpc) is 3.59. The summed E-state index contributed by atoms with van der Waals surface area (Å²) in [6, 6.07) is 47.2. The first-order valence-electron chi connectivity index (χ1n) is 28.3. The number of rotatable bonds is 3. The third-order valence-corrected chi connectivity index (χ3v) is 20.6. The van der Waals surface area contributed by atoms with Crippen LogP contribution in [-0.2, 0) is 37.9 Å². The van der Waals surface area contributed by atoms with E-state index in [9.17, 15) is 0 Å². The lowest BCUT2D eigenvalue weighted by Gasteiger charge is -2.48. The highest BCUT2D eigenvalue weighted by Gasteiger charge is 2.49. The third kappa shape index (κ3) is 6.62. The van der Waals surface area contributed by atoms with E-state index in [4.69, 9.17) is 0 Å². The molecule has 7 aromatic rings. The summed E-state index contributed by atoms with van der Waals surface area (Å²) in [5.74, 6) is 0. The van der Waals surface area contributed by atoms with Gasteiger partial charge in [-0.1, -0.05) is 170 Å². The first kappa shape index (κ1) is 47.9. The van der Waals surface area contributed by atoms with Crippen molar-refractivity contribution < 1.29 is 0 Å². The van der Waals surface area contributed by atoms with Gasteiger partial charge in [0.15, 0.2) is 0 Å². The summed E-state index contributed by atoms with van der Waals surface area (Å²) in [7, 11) is 0. The molecule has 0 amide bonds.